The van der Waals surface area contributed by atoms with Gasteiger partial charge in [0.15, 0.2) is 5.17 Å². The third-order valence-electron chi connectivity index (χ3n) is 1.83. The maximum atomic E-state index is 10.9. The average Bonchev–Trinajstić information content (AvgIpc) is 2.17. The van der Waals surface area contributed by atoms with Gasteiger partial charge in [0.05, 0.1) is 12.1 Å². The standard InChI is InChI=1S/C8H9N3OS/c9-7(12)6-4-10-8-11(5-6)2-1-3-13-8/h1-2,4H,3,5H2,(H2,9,12). The number of aliphatic imine (C=N–C) groups is 1. The van der Waals surface area contributed by atoms with Gasteiger partial charge in [0, 0.05) is 18.2 Å². The SMILES string of the molecule is NC(=O)C1=CN=C2SCC=CN2C1. The first-order valence-corrected chi connectivity index (χ1v) is 4.88. The molecule has 0 radical (unpaired) electrons. The van der Waals surface area contributed by atoms with Gasteiger partial charge in [-0.25, -0.2) is 4.99 Å². The number of amidine groups is 1. The van der Waals surface area contributed by atoms with Gasteiger partial charge in [-0.15, -0.1) is 0 Å². The van der Waals surface area contributed by atoms with E-state index in [9.17, 15) is 4.79 Å². The van der Waals surface area contributed by atoms with Crippen molar-refractivity contribution in [2.45, 2.75) is 0 Å². The van der Waals surface area contributed by atoms with E-state index in [1.54, 1.807) is 18.0 Å². The summed E-state index contributed by atoms with van der Waals surface area (Å²) < 4.78 is 0. The van der Waals surface area contributed by atoms with Crippen LogP contribution in [0.15, 0.2) is 29.0 Å². The van der Waals surface area contributed by atoms with E-state index in [2.05, 4.69) is 4.99 Å². The van der Waals surface area contributed by atoms with Crippen LogP contribution in [0, 0.1) is 0 Å². The van der Waals surface area contributed by atoms with Crippen molar-refractivity contribution in [3.8, 4) is 0 Å². The van der Waals surface area contributed by atoms with E-state index in [1.807, 2.05) is 17.2 Å². The minimum absolute atomic E-state index is 0.397. The molecule has 68 valence electrons. The lowest BCUT2D eigenvalue weighted by Gasteiger charge is -2.27. The summed E-state index contributed by atoms with van der Waals surface area (Å²) in [4.78, 5) is 16.9. The number of amides is 1. The first-order valence-electron chi connectivity index (χ1n) is 3.90. The minimum Gasteiger partial charge on any atom is -0.366 e. The van der Waals surface area contributed by atoms with Crippen LogP contribution in [-0.4, -0.2) is 28.3 Å². The third kappa shape index (κ3) is 1.60. The Kier molecular flexibility index (Phi) is 2.10. The fourth-order valence-corrected chi connectivity index (χ4v) is 1.92. The molecule has 5 heteroatoms. The van der Waals surface area contributed by atoms with Crippen molar-refractivity contribution < 1.29 is 4.79 Å². The molecule has 0 fully saturated rings. The van der Waals surface area contributed by atoms with Crippen LogP contribution >= 0.6 is 11.8 Å². The molecule has 0 aliphatic carbocycles. The second-order valence-corrected chi connectivity index (χ2v) is 3.74. The quantitative estimate of drug-likeness (QED) is 0.654. The highest BCUT2D eigenvalue weighted by atomic mass is 32.2. The maximum Gasteiger partial charge on any atom is 0.248 e. The van der Waals surface area contributed by atoms with Crippen LogP contribution in [0.1, 0.15) is 0 Å². The lowest BCUT2D eigenvalue weighted by atomic mass is 10.2. The number of primary amides is 1. The summed E-state index contributed by atoms with van der Waals surface area (Å²) in [5.74, 6) is 0.543. The topological polar surface area (TPSA) is 58.7 Å². The van der Waals surface area contributed by atoms with Gasteiger partial charge < -0.3 is 10.6 Å². The number of carbonyl (C=O) groups is 1. The molecule has 1 amide bonds. The smallest absolute Gasteiger partial charge is 0.248 e. The molecule has 4 nitrogen and oxygen atoms in total. The number of nitrogens with two attached hydrogens (primary N) is 1. The monoisotopic (exact) mass is 195 g/mol. The summed E-state index contributed by atoms with van der Waals surface area (Å²) >= 11 is 1.65. The number of carbonyl (C=O) groups excluding carboxylic acids is 1. The van der Waals surface area contributed by atoms with Gasteiger partial charge >= 0.3 is 0 Å². The highest BCUT2D eigenvalue weighted by Crippen LogP contribution is 2.20. The molecule has 0 aromatic heterocycles. The molecule has 2 rings (SSSR count). The second kappa shape index (κ2) is 3.26. The number of fused-ring (bicyclic) bond motifs is 1. The third-order valence-corrected chi connectivity index (χ3v) is 2.78. The van der Waals surface area contributed by atoms with E-state index in [0.717, 1.165) is 10.9 Å². The van der Waals surface area contributed by atoms with Crippen molar-refractivity contribution in [3.05, 3.63) is 24.0 Å². The Labute approximate surface area is 80.2 Å². The first-order chi connectivity index (χ1) is 6.27. The summed E-state index contributed by atoms with van der Waals surface area (Å²) in [5, 5.41) is 0.938. The molecule has 0 spiro atoms. The molecule has 0 bridgehead atoms. The molecule has 2 aliphatic rings. The Morgan fingerprint density at radius 2 is 2.54 bits per heavy atom. The lowest BCUT2D eigenvalue weighted by Crippen LogP contribution is -2.33. The van der Waals surface area contributed by atoms with Crippen LogP contribution in [0.4, 0.5) is 0 Å². The molecule has 0 atom stereocenters. The van der Waals surface area contributed by atoms with Crippen LogP contribution in [-0.2, 0) is 4.79 Å². The first kappa shape index (κ1) is 8.37. The molecule has 0 saturated heterocycles. The average molecular weight is 195 g/mol. The van der Waals surface area contributed by atoms with Crippen LogP contribution in [0.3, 0.4) is 0 Å². The summed E-state index contributed by atoms with van der Waals surface area (Å²) in [6.07, 6.45) is 5.53. The van der Waals surface area contributed by atoms with Gasteiger partial charge in [-0.1, -0.05) is 17.8 Å². The molecule has 0 saturated carbocycles. The van der Waals surface area contributed by atoms with E-state index < -0.39 is 5.91 Å². The summed E-state index contributed by atoms with van der Waals surface area (Å²) in [7, 11) is 0. The Hall–Kier alpha value is -1.23. The zero-order valence-electron chi connectivity index (χ0n) is 6.93. The molecule has 2 aliphatic heterocycles. The van der Waals surface area contributed by atoms with Gasteiger partial charge in [-0.2, -0.15) is 0 Å². The highest BCUT2D eigenvalue weighted by Gasteiger charge is 2.19. The molecule has 2 heterocycles. The fourth-order valence-electron chi connectivity index (χ4n) is 1.17. The number of hydrogen-bond donors (Lipinski definition) is 1. The van der Waals surface area contributed by atoms with E-state index >= 15 is 0 Å². The second-order valence-electron chi connectivity index (χ2n) is 2.75. The molecule has 0 aromatic carbocycles. The molecule has 0 unspecified atom stereocenters. The van der Waals surface area contributed by atoms with Gasteiger partial charge in [-0.05, 0) is 0 Å². The Morgan fingerprint density at radius 3 is 3.31 bits per heavy atom. The van der Waals surface area contributed by atoms with Gasteiger partial charge in [-0.3, -0.25) is 4.79 Å². The van der Waals surface area contributed by atoms with Crippen molar-refractivity contribution >= 4 is 22.8 Å². The van der Waals surface area contributed by atoms with Gasteiger partial charge in [0.1, 0.15) is 0 Å². The van der Waals surface area contributed by atoms with Crippen LogP contribution in [0.2, 0.25) is 0 Å². The van der Waals surface area contributed by atoms with Crippen LogP contribution in [0.5, 0.6) is 0 Å². The Balaban J connectivity index is 2.24. The number of thioether (sulfide) groups is 1. The predicted molar refractivity (Wildman–Crippen MR) is 53.0 cm³/mol. The summed E-state index contributed by atoms with van der Waals surface area (Å²) in [6.45, 7) is 0.539. The van der Waals surface area contributed by atoms with E-state index in [-0.39, 0.29) is 0 Å². The van der Waals surface area contributed by atoms with Crippen molar-refractivity contribution in [2.24, 2.45) is 10.7 Å². The molecular formula is C8H9N3OS. The van der Waals surface area contributed by atoms with Crippen molar-refractivity contribution in [1.82, 2.24) is 4.90 Å². The number of hydrogen-bond acceptors (Lipinski definition) is 4. The van der Waals surface area contributed by atoms with Crippen LogP contribution < -0.4 is 5.73 Å². The Bertz CT molecular complexity index is 332. The predicted octanol–water partition coefficient (Wildman–Crippen LogP) is 0.288. The highest BCUT2D eigenvalue weighted by molar-refractivity contribution is 8.14. The minimum atomic E-state index is -0.397. The Morgan fingerprint density at radius 1 is 1.69 bits per heavy atom. The number of nitrogens with zero attached hydrogens (tertiary/aromatic N) is 2. The maximum absolute atomic E-state index is 10.9. The van der Waals surface area contributed by atoms with E-state index in [1.165, 1.54) is 0 Å². The molecular weight excluding hydrogens is 186 g/mol. The summed E-state index contributed by atoms with van der Waals surface area (Å²) in [6, 6.07) is 0. The largest absolute Gasteiger partial charge is 0.366 e. The molecule has 13 heavy (non-hydrogen) atoms. The van der Waals surface area contributed by atoms with E-state index in [4.69, 9.17) is 5.73 Å². The zero-order valence-corrected chi connectivity index (χ0v) is 7.75. The number of rotatable bonds is 1. The van der Waals surface area contributed by atoms with Gasteiger partial charge in [0.25, 0.3) is 0 Å². The molecule has 2 N–H and O–H groups in total. The molecule has 0 aromatic rings. The summed E-state index contributed by atoms with van der Waals surface area (Å²) in [5.41, 5.74) is 5.71. The normalized spacial score (nSPS) is 20.5. The van der Waals surface area contributed by atoms with Crippen molar-refractivity contribution in [3.63, 3.8) is 0 Å². The fraction of sp³-hybridized carbons (Fsp3) is 0.250. The van der Waals surface area contributed by atoms with Crippen LogP contribution in [0.25, 0.3) is 0 Å². The van der Waals surface area contributed by atoms with Crippen molar-refractivity contribution in [2.75, 3.05) is 12.3 Å². The van der Waals surface area contributed by atoms with E-state index in [0.29, 0.717) is 12.1 Å². The zero-order chi connectivity index (χ0) is 9.26. The lowest BCUT2D eigenvalue weighted by molar-refractivity contribution is -0.114. The van der Waals surface area contributed by atoms with Gasteiger partial charge in [0.2, 0.25) is 5.91 Å². The van der Waals surface area contributed by atoms with Crippen molar-refractivity contribution in [1.29, 1.82) is 0 Å².